The molecule has 2 N–H and O–H groups in total. The van der Waals surface area contributed by atoms with Gasteiger partial charge in [-0.25, -0.2) is 0 Å². The Hall–Kier alpha value is -1.06. The summed E-state index contributed by atoms with van der Waals surface area (Å²) in [5.41, 5.74) is 1.28. The van der Waals surface area contributed by atoms with Crippen LogP contribution in [-0.2, 0) is 0 Å². The Kier molecular flexibility index (Phi) is 3.69. The zero-order chi connectivity index (χ0) is 12.3. The average molecular weight is 235 g/mol. The summed E-state index contributed by atoms with van der Waals surface area (Å²) < 4.78 is 5.43. The Labute approximate surface area is 103 Å². The fraction of sp³-hybridized carbons (Fsp3) is 0.571. The van der Waals surface area contributed by atoms with E-state index in [0.29, 0.717) is 6.61 Å². The zero-order valence-electron chi connectivity index (χ0n) is 10.6. The molecular formula is C14H21NO2. The highest BCUT2D eigenvalue weighted by molar-refractivity contribution is 5.31. The van der Waals surface area contributed by atoms with Crippen molar-refractivity contribution in [2.24, 2.45) is 5.41 Å². The maximum absolute atomic E-state index is 9.49. The molecule has 94 valence electrons. The summed E-state index contributed by atoms with van der Waals surface area (Å²) in [6.45, 7) is 2.93. The quantitative estimate of drug-likeness (QED) is 0.793. The standard InChI is InChI=1S/C14H21NO2/c1-3-17-12-6-4-11(5-7-12)13(15-2)14(10-16)8-9-14/h4-7,13,15-16H,3,8-10H2,1-2H3. The molecule has 1 fully saturated rings. The van der Waals surface area contributed by atoms with Crippen LogP contribution >= 0.6 is 0 Å². The molecule has 1 aromatic carbocycles. The molecule has 1 unspecified atom stereocenters. The third kappa shape index (κ3) is 2.45. The van der Waals surface area contributed by atoms with E-state index in [2.05, 4.69) is 17.4 Å². The first-order valence-corrected chi connectivity index (χ1v) is 6.26. The molecule has 2 rings (SSSR count). The van der Waals surface area contributed by atoms with E-state index in [9.17, 15) is 5.11 Å². The average Bonchev–Trinajstić information content (AvgIpc) is 3.14. The molecule has 0 amide bonds. The van der Waals surface area contributed by atoms with Crippen LogP contribution in [-0.4, -0.2) is 25.4 Å². The molecule has 0 aromatic heterocycles. The summed E-state index contributed by atoms with van der Waals surface area (Å²) in [5, 5.41) is 12.8. The lowest BCUT2D eigenvalue weighted by Crippen LogP contribution is -2.29. The van der Waals surface area contributed by atoms with Gasteiger partial charge in [-0.1, -0.05) is 12.1 Å². The van der Waals surface area contributed by atoms with Crippen LogP contribution in [0.4, 0.5) is 0 Å². The molecule has 0 saturated heterocycles. The third-order valence-electron chi connectivity index (χ3n) is 3.63. The van der Waals surface area contributed by atoms with Crippen LogP contribution < -0.4 is 10.1 Å². The van der Waals surface area contributed by atoms with Crippen molar-refractivity contribution >= 4 is 0 Å². The summed E-state index contributed by atoms with van der Waals surface area (Å²) in [7, 11) is 1.96. The fourth-order valence-electron chi connectivity index (χ4n) is 2.45. The topological polar surface area (TPSA) is 41.5 Å². The molecule has 0 aliphatic heterocycles. The molecule has 3 heteroatoms. The van der Waals surface area contributed by atoms with Gasteiger partial charge >= 0.3 is 0 Å². The predicted molar refractivity (Wildman–Crippen MR) is 68.2 cm³/mol. The highest BCUT2D eigenvalue weighted by Gasteiger charge is 2.48. The van der Waals surface area contributed by atoms with E-state index in [-0.39, 0.29) is 18.1 Å². The predicted octanol–water partition coefficient (Wildman–Crippen LogP) is 2.12. The molecule has 1 aliphatic rings. The van der Waals surface area contributed by atoms with Crippen LogP contribution in [0.15, 0.2) is 24.3 Å². The Morgan fingerprint density at radius 2 is 2.00 bits per heavy atom. The molecule has 1 aliphatic carbocycles. The van der Waals surface area contributed by atoms with Crippen LogP contribution in [0, 0.1) is 5.41 Å². The van der Waals surface area contributed by atoms with Gasteiger partial charge in [-0.2, -0.15) is 0 Å². The zero-order valence-corrected chi connectivity index (χ0v) is 10.6. The summed E-state index contributed by atoms with van der Waals surface area (Å²) in [5.74, 6) is 0.903. The fourth-order valence-corrected chi connectivity index (χ4v) is 2.45. The number of hydrogen-bond acceptors (Lipinski definition) is 3. The molecule has 0 radical (unpaired) electrons. The minimum absolute atomic E-state index is 0.0574. The van der Waals surface area contributed by atoms with Crippen LogP contribution in [0.3, 0.4) is 0 Å². The Morgan fingerprint density at radius 3 is 2.41 bits per heavy atom. The van der Waals surface area contributed by atoms with Gasteiger partial charge in [-0.15, -0.1) is 0 Å². The molecule has 1 aromatic rings. The first-order valence-electron chi connectivity index (χ1n) is 6.26. The molecule has 1 atom stereocenters. The maximum atomic E-state index is 9.49. The molecule has 0 bridgehead atoms. The normalized spacial score (nSPS) is 18.8. The van der Waals surface area contributed by atoms with Gasteiger partial charge in [0.05, 0.1) is 13.2 Å². The van der Waals surface area contributed by atoms with Gasteiger partial charge in [0, 0.05) is 11.5 Å². The van der Waals surface area contributed by atoms with E-state index in [4.69, 9.17) is 4.74 Å². The van der Waals surface area contributed by atoms with Gasteiger partial charge < -0.3 is 15.2 Å². The molecule has 1 saturated carbocycles. The largest absolute Gasteiger partial charge is 0.494 e. The lowest BCUT2D eigenvalue weighted by molar-refractivity contribution is 0.175. The minimum atomic E-state index is 0.0574. The highest BCUT2D eigenvalue weighted by Crippen LogP contribution is 2.54. The van der Waals surface area contributed by atoms with Crippen molar-refractivity contribution in [1.29, 1.82) is 0 Å². The summed E-state index contributed by atoms with van der Waals surface area (Å²) in [4.78, 5) is 0. The molecule has 17 heavy (non-hydrogen) atoms. The van der Waals surface area contributed by atoms with E-state index >= 15 is 0 Å². The van der Waals surface area contributed by atoms with Gasteiger partial charge in [0.2, 0.25) is 0 Å². The first-order chi connectivity index (χ1) is 8.25. The van der Waals surface area contributed by atoms with Crippen LogP contribution in [0.25, 0.3) is 0 Å². The van der Waals surface area contributed by atoms with E-state index in [1.54, 1.807) is 0 Å². The van der Waals surface area contributed by atoms with Gasteiger partial charge in [-0.3, -0.25) is 0 Å². The van der Waals surface area contributed by atoms with Crippen LogP contribution in [0.5, 0.6) is 5.75 Å². The summed E-state index contributed by atoms with van der Waals surface area (Å²) in [6, 6.07) is 8.40. The SMILES string of the molecule is CCOc1ccc(C(NC)C2(CO)CC2)cc1. The number of nitrogens with one attached hydrogen (secondary N) is 1. The molecule has 0 heterocycles. The first kappa shape index (κ1) is 12.4. The Bertz CT molecular complexity index is 357. The lowest BCUT2D eigenvalue weighted by Gasteiger charge is -2.25. The molecule has 0 spiro atoms. The van der Waals surface area contributed by atoms with Crippen molar-refractivity contribution in [3.63, 3.8) is 0 Å². The summed E-state index contributed by atoms with van der Waals surface area (Å²) in [6.07, 6.45) is 2.20. The number of hydrogen-bond donors (Lipinski definition) is 2. The summed E-state index contributed by atoms with van der Waals surface area (Å²) >= 11 is 0. The van der Waals surface area contributed by atoms with Crippen molar-refractivity contribution in [1.82, 2.24) is 5.32 Å². The van der Waals surface area contributed by atoms with Crippen molar-refractivity contribution in [2.45, 2.75) is 25.8 Å². The number of aliphatic hydroxyl groups excluding tert-OH is 1. The number of benzene rings is 1. The van der Waals surface area contributed by atoms with Gasteiger partial charge in [-0.05, 0) is 44.5 Å². The minimum Gasteiger partial charge on any atom is -0.494 e. The van der Waals surface area contributed by atoms with Crippen molar-refractivity contribution in [3.05, 3.63) is 29.8 Å². The van der Waals surface area contributed by atoms with Gasteiger partial charge in [0.1, 0.15) is 5.75 Å². The Morgan fingerprint density at radius 1 is 1.35 bits per heavy atom. The Balaban J connectivity index is 2.14. The highest BCUT2D eigenvalue weighted by atomic mass is 16.5. The van der Waals surface area contributed by atoms with Crippen LogP contribution in [0.2, 0.25) is 0 Å². The van der Waals surface area contributed by atoms with E-state index in [1.165, 1.54) is 5.56 Å². The lowest BCUT2D eigenvalue weighted by atomic mass is 9.91. The van der Waals surface area contributed by atoms with Crippen molar-refractivity contribution < 1.29 is 9.84 Å². The smallest absolute Gasteiger partial charge is 0.119 e. The van der Waals surface area contributed by atoms with Gasteiger partial charge in [0.25, 0.3) is 0 Å². The monoisotopic (exact) mass is 235 g/mol. The van der Waals surface area contributed by atoms with Gasteiger partial charge in [0.15, 0.2) is 0 Å². The maximum Gasteiger partial charge on any atom is 0.119 e. The number of ether oxygens (including phenoxy) is 1. The van der Waals surface area contributed by atoms with E-state index < -0.39 is 0 Å². The van der Waals surface area contributed by atoms with Crippen LogP contribution in [0.1, 0.15) is 31.4 Å². The van der Waals surface area contributed by atoms with Crippen molar-refractivity contribution in [3.8, 4) is 5.75 Å². The molecule has 3 nitrogen and oxygen atoms in total. The number of rotatable bonds is 6. The van der Waals surface area contributed by atoms with E-state index in [0.717, 1.165) is 18.6 Å². The van der Waals surface area contributed by atoms with E-state index in [1.807, 2.05) is 26.1 Å². The second-order valence-corrected chi connectivity index (χ2v) is 4.74. The second kappa shape index (κ2) is 5.07. The second-order valence-electron chi connectivity index (χ2n) is 4.74. The molecular weight excluding hydrogens is 214 g/mol. The number of aliphatic hydroxyl groups is 1. The third-order valence-corrected chi connectivity index (χ3v) is 3.63. The van der Waals surface area contributed by atoms with Crippen molar-refractivity contribution in [2.75, 3.05) is 20.3 Å².